The van der Waals surface area contributed by atoms with E-state index in [2.05, 4.69) is 50.7 Å². The van der Waals surface area contributed by atoms with Gasteiger partial charge in [-0.25, -0.2) is 14.8 Å². The molecule has 33 heavy (non-hydrogen) atoms. The molecule has 0 aliphatic carbocycles. The highest BCUT2D eigenvalue weighted by atomic mass is 32.1. The number of carbonyl (C=O) groups excluding carboxylic acids is 1. The predicted molar refractivity (Wildman–Crippen MR) is 141 cm³/mol. The molecule has 1 heterocycles. The first kappa shape index (κ1) is 30.6. The van der Waals surface area contributed by atoms with Crippen molar-refractivity contribution < 1.29 is 14.3 Å². The number of likely N-dealkylation sites (N-methyl/N-ethyl adjacent to an activating group) is 1. The number of amidine groups is 1. The molecule has 0 fully saturated rings. The summed E-state index contributed by atoms with van der Waals surface area (Å²) in [4.78, 5) is 23.7. The molecule has 188 valence electrons. The number of nitrogens with zero attached hydrogens (tertiary/aromatic N) is 3. The molecule has 0 aliphatic heterocycles. The third-order valence-corrected chi connectivity index (χ3v) is 4.91. The summed E-state index contributed by atoms with van der Waals surface area (Å²) in [5, 5.41) is 3.93. The van der Waals surface area contributed by atoms with Crippen molar-refractivity contribution in [3.05, 3.63) is 35.3 Å². The topological polar surface area (TPSA) is 76.1 Å². The first-order valence-electron chi connectivity index (χ1n) is 11.7. The maximum Gasteiger partial charge on any atom is 0.350 e. The first-order chi connectivity index (χ1) is 15.4. The van der Waals surface area contributed by atoms with Crippen LogP contribution >= 0.6 is 11.3 Å². The highest BCUT2D eigenvalue weighted by molar-refractivity contribution is 7.17. The average Bonchev–Trinajstić information content (AvgIpc) is 3.20. The molecule has 1 N–H and O–H groups in total. The van der Waals surface area contributed by atoms with Crippen LogP contribution in [0.2, 0.25) is 0 Å². The van der Waals surface area contributed by atoms with E-state index >= 15 is 0 Å². The number of carbonyl (C=O) groups is 1. The van der Waals surface area contributed by atoms with Crippen molar-refractivity contribution >= 4 is 28.3 Å². The number of rotatable bonds is 10. The summed E-state index contributed by atoms with van der Waals surface area (Å²) in [7, 11) is 1.89. The highest BCUT2D eigenvalue weighted by Crippen LogP contribution is 2.24. The van der Waals surface area contributed by atoms with E-state index in [9.17, 15) is 4.79 Å². The van der Waals surface area contributed by atoms with E-state index in [4.69, 9.17) is 14.5 Å². The fourth-order valence-corrected chi connectivity index (χ4v) is 3.41. The van der Waals surface area contributed by atoms with Crippen molar-refractivity contribution in [2.75, 3.05) is 18.6 Å². The Kier molecular flexibility index (Phi) is 14.4. The molecule has 0 aromatic carbocycles. The van der Waals surface area contributed by atoms with E-state index in [1.807, 2.05) is 39.6 Å². The summed E-state index contributed by atoms with van der Waals surface area (Å²) in [6.07, 6.45) is 6.60. The Morgan fingerprint density at radius 3 is 2.39 bits per heavy atom. The SMILES string of the molecule is C=C(NC(C)C(=N/C(=C/CC)CC)N(C)c1ncc(C(=O)OCC)s1)OC(C)(C)C.CCC. The molecular formula is C25H44N4O3S. The van der Waals surface area contributed by atoms with Crippen molar-refractivity contribution in [3.8, 4) is 0 Å². The van der Waals surface area contributed by atoms with Gasteiger partial charge in [-0.3, -0.25) is 0 Å². The molecule has 0 saturated carbocycles. The Morgan fingerprint density at radius 2 is 1.91 bits per heavy atom. The number of thiazole rings is 1. The maximum atomic E-state index is 12.0. The van der Waals surface area contributed by atoms with Crippen molar-refractivity contribution in [2.45, 2.75) is 93.2 Å². The molecular weight excluding hydrogens is 436 g/mol. The Balaban J connectivity index is 0.00000322. The summed E-state index contributed by atoms with van der Waals surface area (Å²) in [5.74, 6) is 0.853. The van der Waals surface area contributed by atoms with E-state index in [0.29, 0.717) is 22.5 Å². The van der Waals surface area contributed by atoms with Crippen LogP contribution in [0.1, 0.15) is 91.2 Å². The highest BCUT2D eigenvalue weighted by Gasteiger charge is 2.23. The van der Waals surface area contributed by atoms with Gasteiger partial charge in [0, 0.05) is 12.7 Å². The molecule has 0 spiro atoms. The minimum absolute atomic E-state index is 0.202. The summed E-state index contributed by atoms with van der Waals surface area (Å²) >= 11 is 1.27. The summed E-state index contributed by atoms with van der Waals surface area (Å²) in [6.45, 7) is 22.4. The summed E-state index contributed by atoms with van der Waals surface area (Å²) in [6, 6.07) is -0.202. The molecule has 8 heteroatoms. The van der Waals surface area contributed by atoms with Gasteiger partial charge >= 0.3 is 5.97 Å². The molecule has 1 aromatic rings. The summed E-state index contributed by atoms with van der Waals surface area (Å²) in [5.41, 5.74) is 0.630. The zero-order valence-electron chi connectivity index (χ0n) is 22.2. The van der Waals surface area contributed by atoms with Crippen LogP contribution in [0, 0.1) is 0 Å². The number of esters is 1. The van der Waals surface area contributed by atoms with Gasteiger partial charge in [0.25, 0.3) is 0 Å². The Morgan fingerprint density at radius 1 is 1.30 bits per heavy atom. The van der Waals surface area contributed by atoms with Gasteiger partial charge in [0.1, 0.15) is 16.3 Å². The standard InChI is InChI=1S/C22H36N4O3S.C3H8/c1-10-13-17(11-2)25-19(15(4)24-16(5)29-22(6,7)8)26(9)21-23-14-18(30-21)20(27)28-12-3;1-3-2/h13-15,24H,5,10-12H2,1-4,6-9H3;3H2,1-2H3/b17-13+,25-19?;. The zero-order chi connectivity index (χ0) is 25.6. The fourth-order valence-electron chi connectivity index (χ4n) is 2.63. The van der Waals surface area contributed by atoms with Crippen molar-refractivity contribution in [1.82, 2.24) is 10.3 Å². The molecule has 1 aromatic heterocycles. The Labute approximate surface area is 205 Å². The average molecular weight is 481 g/mol. The maximum absolute atomic E-state index is 12.0. The molecule has 1 atom stereocenters. The number of aromatic nitrogens is 1. The lowest BCUT2D eigenvalue weighted by molar-refractivity contribution is 0.0406. The van der Waals surface area contributed by atoms with Gasteiger partial charge in [0.15, 0.2) is 11.0 Å². The lowest BCUT2D eigenvalue weighted by Crippen LogP contribution is -2.44. The number of hydrogen-bond acceptors (Lipinski definition) is 7. The van der Waals surface area contributed by atoms with Gasteiger partial charge in [-0.05, 0) is 54.0 Å². The largest absolute Gasteiger partial charge is 0.474 e. The van der Waals surface area contributed by atoms with Crippen LogP contribution in [0.4, 0.5) is 5.13 Å². The number of ether oxygens (including phenoxy) is 2. The molecule has 0 radical (unpaired) electrons. The van der Waals surface area contributed by atoms with Crippen LogP contribution in [0.25, 0.3) is 0 Å². The second-order valence-electron chi connectivity index (χ2n) is 8.42. The normalized spacial score (nSPS) is 12.9. The first-order valence-corrected chi connectivity index (χ1v) is 12.5. The number of allylic oxidation sites excluding steroid dienone is 2. The predicted octanol–water partition coefficient (Wildman–Crippen LogP) is 6.54. The van der Waals surface area contributed by atoms with Gasteiger partial charge in [-0.1, -0.05) is 51.5 Å². The molecule has 1 unspecified atom stereocenters. The third-order valence-electron chi connectivity index (χ3n) is 3.86. The smallest absolute Gasteiger partial charge is 0.350 e. The van der Waals surface area contributed by atoms with Gasteiger partial charge in [-0.2, -0.15) is 0 Å². The lowest BCUT2D eigenvalue weighted by Gasteiger charge is -2.29. The van der Waals surface area contributed by atoms with E-state index in [-0.39, 0.29) is 17.6 Å². The minimum Gasteiger partial charge on any atom is -0.474 e. The number of aliphatic imine (C=N–C) groups is 1. The summed E-state index contributed by atoms with van der Waals surface area (Å²) < 4.78 is 10.9. The van der Waals surface area contributed by atoms with E-state index in [0.717, 1.165) is 24.4 Å². The number of hydrogen-bond donors (Lipinski definition) is 1. The van der Waals surface area contributed by atoms with Crippen LogP contribution < -0.4 is 10.2 Å². The van der Waals surface area contributed by atoms with Crippen LogP contribution in [0.5, 0.6) is 0 Å². The molecule has 0 bridgehead atoms. The van der Waals surface area contributed by atoms with Gasteiger partial charge in [0.05, 0.1) is 18.8 Å². The monoisotopic (exact) mass is 480 g/mol. The Hall–Kier alpha value is -2.35. The molecule has 1 rings (SSSR count). The molecule has 0 amide bonds. The minimum atomic E-state index is -0.369. The second-order valence-corrected chi connectivity index (χ2v) is 9.43. The van der Waals surface area contributed by atoms with Crippen LogP contribution in [-0.2, 0) is 9.47 Å². The van der Waals surface area contributed by atoms with E-state index in [1.165, 1.54) is 24.0 Å². The molecule has 0 saturated heterocycles. The van der Waals surface area contributed by atoms with E-state index < -0.39 is 0 Å². The van der Waals surface area contributed by atoms with Crippen LogP contribution in [0.15, 0.2) is 35.4 Å². The van der Waals surface area contributed by atoms with Crippen LogP contribution in [-0.4, -0.2) is 42.1 Å². The van der Waals surface area contributed by atoms with Crippen molar-refractivity contribution in [3.63, 3.8) is 0 Å². The van der Waals surface area contributed by atoms with Crippen molar-refractivity contribution in [2.24, 2.45) is 4.99 Å². The van der Waals surface area contributed by atoms with Gasteiger partial charge in [0.2, 0.25) is 0 Å². The molecule has 0 aliphatic rings. The van der Waals surface area contributed by atoms with Crippen molar-refractivity contribution in [1.29, 1.82) is 0 Å². The fraction of sp³-hybridized carbons (Fsp3) is 0.640. The third kappa shape index (κ3) is 11.9. The van der Waals surface area contributed by atoms with Gasteiger partial charge in [-0.15, -0.1) is 0 Å². The van der Waals surface area contributed by atoms with Crippen LogP contribution in [0.3, 0.4) is 0 Å². The number of nitrogens with one attached hydrogen (secondary N) is 1. The lowest BCUT2D eigenvalue weighted by atomic mass is 10.2. The van der Waals surface area contributed by atoms with Gasteiger partial charge < -0.3 is 19.7 Å². The zero-order valence-corrected chi connectivity index (χ0v) is 23.1. The quantitative estimate of drug-likeness (QED) is 0.177. The molecule has 7 nitrogen and oxygen atoms in total. The van der Waals surface area contributed by atoms with E-state index in [1.54, 1.807) is 6.92 Å². The number of anilines is 1. The second kappa shape index (κ2) is 15.5. The Bertz CT molecular complexity index is 794.